The van der Waals surface area contributed by atoms with E-state index in [-0.39, 0.29) is 5.41 Å². The van der Waals surface area contributed by atoms with Crippen molar-refractivity contribution in [3.05, 3.63) is 102 Å². The number of hydrogen-bond donors (Lipinski definition) is 1. The van der Waals surface area contributed by atoms with Crippen LogP contribution in [0, 0.1) is 0 Å². The third-order valence-electron chi connectivity index (χ3n) is 5.75. The van der Waals surface area contributed by atoms with Crippen LogP contribution in [0.5, 0.6) is 0 Å². The van der Waals surface area contributed by atoms with Crippen molar-refractivity contribution in [1.29, 1.82) is 0 Å². The highest BCUT2D eigenvalue weighted by atomic mass is 14.9. The second kappa shape index (κ2) is 7.16. The van der Waals surface area contributed by atoms with Crippen molar-refractivity contribution in [2.75, 3.05) is 5.32 Å². The highest BCUT2D eigenvalue weighted by Crippen LogP contribution is 2.49. The number of anilines is 2. The minimum Gasteiger partial charge on any atom is -0.356 e. The molecule has 0 saturated carbocycles. The van der Waals surface area contributed by atoms with E-state index in [1.807, 2.05) is 13.0 Å². The zero-order valence-corrected chi connectivity index (χ0v) is 17.1. The molecule has 1 aliphatic rings. The lowest BCUT2D eigenvalue weighted by Crippen LogP contribution is -2.15. The standard InChI is InChI=1S/C27H27N/c1-5-6-9-19(2)20-12-14-21(15-13-20)28-22-16-17-24-23-10-7-8-11-25(23)27(3,4)26(24)18-22/h5-18,28H,1-4H3/b6-5-,19-9+. The summed E-state index contributed by atoms with van der Waals surface area (Å²) in [4.78, 5) is 0. The van der Waals surface area contributed by atoms with Gasteiger partial charge < -0.3 is 5.32 Å². The lowest BCUT2D eigenvalue weighted by atomic mass is 9.82. The van der Waals surface area contributed by atoms with Crippen molar-refractivity contribution in [3.8, 4) is 11.1 Å². The Morgan fingerprint density at radius 1 is 0.821 bits per heavy atom. The van der Waals surface area contributed by atoms with E-state index in [4.69, 9.17) is 0 Å². The maximum atomic E-state index is 3.57. The maximum absolute atomic E-state index is 3.57. The summed E-state index contributed by atoms with van der Waals surface area (Å²) < 4.78 is 0. The predicted molar refractivity (Wildman–Crippen MR) is 122 cm³/mol. The fraction of sp³-hybridized carbons (Fsp3) is 0.185. The second-order valence-electron chi connectivity index (χ2n) is 8.01. The van der Waals surface area contributed by atoms with Gasteiger partial charge in [-0.1, -0.05) is 74.5 Å². The predicted octanol–water partition coefficient (Wildman–Crippen LogP) is 7.72. The molecule has 0 spiro atoms. The molecule has 4 rings (SSSR count). The molecular weight excluding hydrogens is 338 g/mol. The summed E-state index contributed by atoms with van der Waals surface area (Å²) in [6.45, 7) is 8.81. The number of benzene rings is 3. The molecule has 1 nitrogen and oxygen atoms in total. The van der Waals surface area contributed by atoms with Crippen molar-refractivity contribution in [2.45, 2.75) is 33.1 Å². The van der Waals surface area contributed by atoms with E-state index in [1.165, 1.54) is 33.4 Å². The molecule has 3 aromatic rings. The summed E-state index contributed by atoms with van der Waals surface area (Å²) in [6, 6.07) is 24.1. The molecule has 0 amide bonds. The molecule has 140 valence electrons. The zero-order valence-electron chi connectivity index (χ0n) is 17.1. The summed E-state index contributed by atoms with van der Waals surface area (Å²) in [6.07, 6.45) is 6.27. The molecule has 0 bridgehead atoms. The first kappa shape index (κ1) is 18.3. The van der Waals surface area contributed by atoms with Gasteiger partial charge in [-0.15, -0.1) is 0 Å². The third-order valence-corrected chi connectivity index (χ3v) is 5.75. The van der Waals surface area contributed by atoms with Crippen molar-refractivity contribution < 1.29 is 0 Å². The Hall–Kier alpha value is -3.06. The van der Waals surface area contributed by atoms with Gasteiger partial charge >= 0.3 is 0 Å². The van der Waals surface area contributed by atoms with Crippen LogP contribution < -0.4 is 5.32 Å². The SMILES string of the molecule is C/C=C\C=C(/C)c1ccc(Nc2ccc3c(c2)C(C)(C)c2ccccc2-3)cc1. The van der Waals surface area contributed by atoms with Gasteiger partial charge in [0.25, 0.3) is 0 Å². The molecule has 1 N–H and O–H groups in total. The average Bonchev–Trinajstić information content (AvgIpc) is 2.94. The highest BCUT2D eigenvalue weighted by Gasteiger charge is 2.35. The Morgan fingerprint density at radius 3 is 2.25 bits per heavy atom. The smallest absolute Gasteiger partial charge is 0.0387 e. The zero-order chi connectivity index (χ0) is 19.7. The molecule has 0 heterocycles. The van der Waals surface area contributed by atoms with Gasteiger partial charge in [-0.3, -0.25) is 0 Å². The van der Waals surface area contributed by atoms with Crippen LogP contribution >= 0.6 is 0 Å². The summed E-state index contributed by atoms with van der Waals surface area (Å²) in [7, 11) is 0. The lowest BCUT2D eigenvalue weighted by molar-refractivity contribution is 0.660. The fourth-order valence-corrected chi connectivity index (χ4v) is 4.10. The summed E-state index contributed by atoms with van der Waals surface area (Å²) in [5.41, 5.74) is 10.3. The Morgan fingerprint density at radius 2 is 1.50 bits per heavy atom. The van der Waals surface area contributed by atoms with E-state index in [0.717, 1.165) is 11.4 Å². The molecule has 1 aliphatic carbocycles. The molecule has 0 saturated heterocycles. The van der Waals surface area contributed by atoms with Crippen LogP contribution in [-0.2, 0) is 5.41 Å². The van der Waals surface area contributed by atoms with Crippen LogP contribution in [0.3, 0.4) is 0 Å². The van der Waals surface area contributed by atoms with Crippen LogP contribution in [0.1, 0.15) is 44.4 Å². The van der Waals surface area contributed by atoms with E-state index < -0.39 is 0 Å². The monoisotopic (exact) mass is 365 g/mol. The summed E-state index contributed by atoms with van der Waals surface area (Å²) in [5.74, 6) is 0. The van der Waals surface area contributed by atoms with Gasteiger partial charge in [0, 0.05) is 16.8 Å². The number of fused-ring (bicyclic) bond motifs is 3. The molecule has 0 atom stereocenters. The topological polar surface area (TPSA) is 12.0 Å². The van der Waals surface area contributed by atoms with E-state index >= 15 is 0 Å². The molecule has 0 fully saturated rings. The van der Waals surface area contributed by atoms with Crippen LogP contribution in [0.4, 0.5) is 11.4 Å². The lowest BCUT2D eigenvalue weighted by Gasteiger charge is -2.22. The number of hydrogen-bond acceptors (Lipinski definition) is 1. The summed E-state index contributed by atoms with van der Waals surface area (Å²) in [5, 5.41) is 3.57. The van der Waals surface area contributed by atoms with Crippen LogP contribution in [0.15, 0.2) is 85.0 Å². The van der Waals surface area contributed by atoms with Crippen LogP contribution in [0.25, 0.3) is 16.7 Å². The number of nitrogens with one attached hydrogen (secondary N) is 1. The van der Waals surface area contributed by atoms with Crippen molar-refractivity contribution in [3.63, 3.8) is 0 Å². The van der Waals surface area contributed by atoms with E-state index in [1.54, 1.807) is 0 Å². The minimum atomic E-state index is 0.0299. The third kappa shape index (κ3) is 3.18. The number of allylic oxidation sites excluding steroid dienone is 4. The Kier molecular flexibility index (Phi) is 4.68. The quantitative estimate of drug-likeness (QED) is 0.467. The normalized spacial score (nSPS) is 14.8. The van der Waals surface area contributed by atoms with Crippen molar-refractivity contribution in [2.24, 2.45) is 0 Å². The first-order valence-corrected chi connectivity index (χ1v) is 9.92. The van der Waals surface area contributed by atoms with Gasteiger partial charge in [-0.25, -0.2) is 0 Å². The van der Waals surface area contributed by atoms with Crippen molar-refractivity contribution >= 4 is 16.9 Å². The maximum Gasteiger partial charge on any atom is 0.0387 e. The Labute approximate surface area is 168 Å². The van der Waals surface area contributed by atoms with Gasteiger partial charge in [-0.2, -0.15) is 0 Å². The average molecular weight is 366 g/mol. The fourth-order valence-electron chi connectivity index (χ4n) is 4.10. The second-order valence-corrected chi connectivity index (χ2v) is 8.01. The van der Waals surface area contributed by atoms with Gasteiger partial charge in [-0.05, 0) is 71.5 Å². The Balaban J connectivity index is 1.60. The van der Waals surface area contributed by atoms with Gasteiger partial charge in [0.2, 0.25) is 0 Å². The van der Waals surface area contributed by atoms with E-state index in [0.29, 0.717) is 0 Å². The molecule has 0 radical (unpaired) electrons. The molecule has 28 heavy (non-hydrogen) atoms. The molecule has 0 aromatic heterocycles. The molecule has 3 aromatic carbocycles. The molecule has 0 aliphatic heterocycles. The Bertz CT molecular complexity index is 1070. The minimum absolute atomic E-state index is 0.0299. The van der Waals surface area contributed by atoms with Gasteiger partial charge in [0.15, 0.2) is 0 Å². The molecule has 1 heteroatoms. The van der Waals surface area contributed by atoms with Gasteiger partial charge in [0.1, 0.15) is 0 Å². The van der Waals surface area contributed by atoms with E-state index in [2.05, 4.69) is 105 Å². The molecule has 0 unspecified atom stereocenters. The summed E-state index contributed by atoms with van der Waals surface area (Å²) >= 11 is 0. The first-order valence-electron chi connectivity index (χ1n) is 9.92. The number of rotatable bonds is 4. The highest BCUT2D eigenvalue weighted by molar-refractivity contribution is 5.83. The van der Waals surface area contributed by atoms with Crippen LogP contribution in [-0.4, -0.2) is 0 Å². The van der Waals surface area contributed by atoms with Gasteiger partial charge in [0.05, 0.1) is 0 Å². The largest absolute Gasteiger partial charge is 0.356 e. The van der Waals surface area contributed by atoms with Crippen LogP contribution in [0.2, 0.25) is 0 Å². The molecular formula is C27H27N. The first-order chi connectivity index (χ1) is 13.5. The van der Waals surface area contributed by atoms with E-state index in [9.17, 15) is 0 Å². The van der Waals surface area contributed by atoms with Crippen molar-refractivity contribution in [1.82, 2.24) is 0 Å².